The largest absolute Gasteiger partial charge is 0.354 e. The highest BCUT2D eigenvalue weighted by molar-refractivity contribution is 5.53. The molecule has 0 radical (unpaired) electrons. The van der Waals surface area contributed by atoms with Crippen molar-refractivity contribution in [2.75, 3.05) is 31.1 Å². The van der Waals surface area contributed by atoms with E-state index in [1.807, 2.05) is 12.1 Å². The van der Waals surface area contributed by atoms with Gasteiger partial charge in [-0.3, -0.25) is 4.90 Å². The van der Waals surface area contributed by atoms with Gasteiger partial charge in [0.2, 0.25) is 0 Å². The average molecular weight is 332 g/mol. The molecule has 4 rings (SSSR count). The molecule has 2 aliphatic rings. The number of fused-ring (bicyclic) bond motifs is 1. The van der Waals surface area contributed by atoms with Gasteiger partial charge in [-0.15, -0.1) is 0 Å². The lowest BCUT2D eigenvalue weighted by Gasteiger charge is -2.35. The fraction of sp³-hybridized carbons (Fsp3) is 0.429. The Morgan fingerprint density at radius 3 is 2.84 bits per heavy atom. The van der Waals surface area contributed by atoms with Crippen molar-refractivity contribution < 1.29 is 0 Å². The zero-order chi connectivity index (χ0) is 17.1. The fourth-order valence-corrected chi connectivity index (χ4v) is 4.30. The number of pyridine rings is 1. The Labute approximate surface area is 149 Å². The van der Waals surface area contributed by atoms with Crippen LogP contribution in [0.3, 0.4) is 0 Å². The summed E-state index contributed by atoms with van der Waals surface area (Å²) >= 11 is 0. The lowest BCUT2D eigenvalue weighted by molar-refractivity contribution is 0.191. The Kier molecular flexibility index (Phi) is 4.67. The summed E-state index contributed by atoms with van der Waals surface area (Å²) in [5.74, 6) is 0.843. The molecule has 1 aliphatic heterocycles. The van der Waals surface area contributed by atoms with E-state index in [1.54, 1.807) is 6.20 Å². The molecule has 1 aliphatic carbocycles. The van der Waals surface area contributed by atoms with E-state index >= 15 is 0 Å². The molecule has 2 heterocycles. The number of rotatable bonds is 2. The molecule has 1 atom stereocenters. The second-order valence-corrected chi connectivity index (χ2v) is 6.97. The van der Waals surface area contributed by atoms with Crippen LogP contribution >= 0.6 is 0 Å². The smallest absolute Gasteiger partial charge is 0.146 e. The van der Waals surface area contributed by atoms with E-state index in [2.05, 4.69) is 45.1 Å². The summed E-state index contributed by atoms with van der Waals surface area (Å²) in [5.41, 5.74) is 3.73. The van der Waals surface area contributed by atoms with Gasteiger partial charge >= 0.3 is 0 Å². The van der Waals surface area contributed by atoms with Crippen molar-refractivity contribution in [1.29, 1.82) is 5.26 Å². The summed E-state index contributed by atoms with van der Waals surface area (Å²) in [4.78, 5) is 9.40. The molecule has 0 amide bonds. The van der Waals surface area contributed by atoms with Crippen molar-refractivity contribution in [3.8, 4) is 6.07 Å². The van der Waals surface area contributed by atoms with Crippen LogP contribution in [0.1, 0.15) is 42.0 Å². The predicted octanol–water partition coefficient (Wildman–Crippen LogP) is 3.54. The first kappa shape index (κ1) is 16.1. The minimum atomic E-state index is 0.545. The third kappa shape index (κ3) is 3.25. The van der Waals surface area contributed by atoms with Crippen molar-refractivity contribution >= 4 is 5.82 Å². The van der Waals surface area contributed by atoms with E-state index in [4.69, 9.17) is 0 Å². The number of aromatic nitrogens is 1. The van der Waals surface area contributed by atoms with Crippen molar-refractivity contribution in [3.05, 3.63) is 59.3 Å². The zero-order valence-corrected chi connectivity index (χ0v) is 14.6. The van der Waals surface area contributed by atoms with Crippen LogP contribution in [0.4, 0.5) is 5.82 Å². The quantitative estimate of drug-likeness (QED) is 0.843. The van der Waals surface area contributed by atoms with Crippen LogP contribution in [0.15, 0.2) is 42.6 Å². The van der Waals surface area contributed by atoms with Crippen molar-refractivity contribution in [1.82, 2.24) is 9.88 Å². The van der Waals surface area contributed by atoms with Gasteiger partial charge in [-0.2, -0.15) is 5.26 Å². The molecule has 0 saturated carbocycles. The van der Waals surface area contributed by atoms with Crippen LogP contribution in [-0.2, 0) is 6.42 Å². The first-order valence-electron chi connectivity index (χ1n) is 9.29. The molecule has 1 fully saturated rings. The Hall–Kier alpha value is -2.38. The van der Waals surface area contributed by atoms with Gasteiger partial charge in [0.15, 0.2) is 0 Å². The van der Waals surface area contributed by atoms with Crippen LogP contribution in [0.5, 0.6) is 0 Å². The second kappa shape index (κ2) is 7.25. The SMILES string of the molecule is N#Cc1cccnc1N1CCCN(C2CCCc3ccccc32)CC1. The number of hydrogen-bond donors (Lipinski definition) is 0. The van der Waals surface area contributed by atoms with E-state index in [0.717, 1.165) is 38.4 Å². The van der Waals surface area contributed by atoms with Crippen LogP contribution < -0.4 is 4.90 Å². The Morgan fingerprint density at radius 1 is 1.00 bits per heavy atom. The molecule has 0 bridgehead atoms. The third-order valence-corrected chi connectivity index (χ3v) is 5.52. The highest BCUT2D eigenvalue weighted by atomic mass is 15.3. The molecule has 1 saturated heterocycles. The first-order valence-corrected chi connectivity index (χ1v) is 9.29. The van der Waals surface area contributed by atoms with E-state index in [9.17, 15) is 5.26 Å². The molecule has 1 aromatic heterocycles. The number of hydrogen-bond acceptors (Lipinski definition) is 4. The number of benzene rings is 1. The predicted molar refractivity (Wildman–Crippen MR) is 99.5 cm³/mol. The maximum Gasteiger partial charge on any atom is 0.146 e. The summed E-state index contributed by atoms with van der Waals surface area (Å²) in [7, 11) is 0. The summed E-state index contributed by atoms with van der Waals surface area (Å²) in [6, 6.07) is 15.5. The van der Waals surface area contributed by atoms with Crippen molar-refractivity contribution in [2.45, 2.75) is 31.7 Å². The van der Waals surface area contributed by atoms with Gasteiger partial charge in [-0.1, -0.05) is 24.3 Å². The minimum absolute atomic E-state index is 0.545. The molecule has 4 nitrogen and oxygen atoms in total. The van der Waals surface area contributed by atoms with E-state index in [-0.39, 0.29) is 0 Å². The van der Waals surface area contributed by atoms with Crippen LogP contribution in [0.25, 0.3) is 0 Å². The molecule has 0 N–H and O–H groups in total. The highest BCUT2D eigenvalue weighted by Crippen LogP contribution is 2.34. The maximum absolute atomic E-state index is 9.36. The Morgan fingerprint density at radius 2 is 1.92 bits per heavy atom. The standard InChI is InChI=1S/C21H24N4/c22-16-18-8-4-11-23-21(18)25-13-5-12-24(14-15-25)20-10-3-7-17-6-1-2-9-19(17)20/h1-2,4,6,8-9,11,20H,3,5,7,10,12-15H2. The van der Waals surface area contributed by atoms with E-state index in [1.165, 1.54) is 30.4 Å². The summed E-state index contributed by atoms with van der Waals surface area (Å²) in [5, 5.41) is 9.36. The molecule has 25 heavy (non-hydrogen) atoms. The van der Waals surface area contributed by atoms with Crippen molar-refractivity contribution in [2.24, 2.45) is 0 Å². The van der Waals surface area contributed by atoms with Crippen molar-refractivity contribution in [3.63, 3.8) is 0 Å². The molecule has 4 heteroatoms. The summed E-state index contributed by atoms with van der Waals surface area (Å²) in [6.07, 6.45) is 6.65. The van der Waals surface area contributed by atoms with Gasteiger partial charge in [0.25, 0.3) is 0 Å². The fourth-order valence-electron chi connectivity index (χ4n) is 4.30. The molecule has 1 aromatic carbocycles. The van der Waals surface area contributed by atoms with Gasteiger partial charge in [0.05, 0.1) is 5.56 Å². The molecular weight excluding hydrogens is 308 g/mol. The molecule has 0 spiro atoms. The molecule has 2 aromatic rings. The van der Waals surface area contributed by atoms with Crippen LogP contribution in [-0.4, -0.2) is 36.1 Å². The topological polar surface area (TPSA) is 43.2 Å². The monoisotopic (exact) mass is 332 g/mol. The van der Waals surface area contributed by atoms with Crippen LogP contribution in [0, 0.1) is 11.3 Å². The second-order valence-electron chi connectivity index (χ2n) is 6.97. The lowest BCUT2D eigenvalue weighted by atomic mass is 9.87. The van der Waals surface area contributed by atoms with Crippen LogP contribution in [0.2, 0.25) is 0 Å². The lowest BCUT2D eigenvalue weighted by Crippen LogP contribution is -2.35. The van der Waals surface area contributed by atoms with Gasteiger partial charge < -0.3 is 4.90 Å². The minimum Gasteiger partial charge on any atom is -0.354 e. The molecular formula is C21H24N4. The number of anilines is 1. The van der Waals surface area contributed by atoms with E-state index in [0.29, 0.717) is 11.6 Å². The Balaban J connectivity index is 1.52. The zero-order valence-electron chi connectivity index (χ0n) is 14.6. The van der Waals surface area contributed by atoms with Gasteiger partial charge in [0, 0.05) is 38.4 Å². The Bertz CT molecular complexity index is 779. The summed E-state index contributed by atoms with van der Waals surface area (Å²) < 4.78 is 0. The van der Waals surface area contributed by atoms with Gasteiger partial charge in [-0.05, 0) is 48.9 Å². The summed E-state index contributed by atoms with van der Waals surface area (Å²) in [6.45, 7) is 4.05. The number of aryl methyl sites for hydroxylation is 1. The normalized spacial score (nSPS) is 21.2. The average Bonchev–Trinajstić information content (AvgIpc) is 2.93. The van der Waals surface area contributed by atoms with Gasteiger partial charge in [0.1, 0.15) is 11.9 Å². The molecule has 128 valence electrons. The highest BCUT2D eigenvalue weighted by Gasteiger charge is 2.27. The maximum atomic E-state index is 9.36. The first-order chi connectivity index (χ1) is 12.4. The van der Waals surface area contributed by atoms with Gasteiger partial charge in [-0.25, -0.2) is 4.98 Å². The number of nitrogens with zero attached hydrogens (tertiary/aromatic N) is 4. The van der Waals surface area contributed by atoms with E-state index < -0.39 is 0 Å². The number of nitriles is 1. The third-order valence-electron chi connectivity index (χ3n) is 5.52. The molecule has 1 unspecified atom stereocenters.